The molecule has 3 aromatic heterocycles. The molecule has 0 aliphatic carbocycles. The number of hydrogen-bond acceptors (Lipinski definition) is 2. The average Bonchev–Trinajstić information content (AvgIpc) is 3.81. The van der Waals surface area contributed by atoms with Crippen molar-refractivity contribution < 1.29 is 0 Å². The van der Waals surface area contributed by atoms with E-state index in [4.69, 9.17) is 9.97 Å². The van der Waals surface area contributed by atoms with Crippen molar-refractivity contribution in [1.29, 1.82) is 0 Å². The van der Waals surface area contributed by atoms with Crippen LogP contribution in [0.4, 0.5) is 0 Å². The fraction of sp³-hybridized carbons (Fsp3) is 0. The van der Waals surface area contributed by atoms with Crippen LogP contribution < -0.4 is 0 Å². The molecule has 3 heterocycles. The van der Waals surface area contributed by atoms with Crippen molar-refractivity contribution in [2.45, 2.75) is 0 Å². The Kier molecular flexibility index (Phi) is 7.10. The molecule has 0 N–H and O–H groups in total. The van der Waals surface area contributed by atoms with Crippen LogP contribution in [-0.2, 0) is 0 Å². The second kappa shape index (κ2) is 12.4. The third-order valence-corrected chi connectivity index (χ3v) is 9.89. The molecule has 0 spiro atoms. The largest absolute Gasteiger partial charge is 0.307 e. The molecule has 0 saturated heterocycles. The Labute approximate surface area is 301 Å². The van der Waals surface area contributed by atoms with Crippen LogP contribution in [0.5, 0.6) is 0 Å². The van der Waals surface area contributed by atoms with Crippen LogP contribution in [0.15, 0.2) is 194 Å². The Morgan fingerprint density at radius 3 is 1.44 bits per heavy atom. The Morgan fingerprint density at radius 1 is 0.346 bits per heavy atom. The van der Waals surface area contributed by atoms with Gasteiger partial charge in [-0.3, -0.25) is 0 Å². The first kappa shape index (κ1) is 29.8. The van der Waals surface area contributed by atoms with E-state index in [0.717, 1.165) is 67.1 Å². The number of hydrogen-bond donors (Lipinski definition) is 0. The SMILES string of the molecule is c1ccc(-c2nc(-c3cccc(-n4c(-c5ccccc5)cc5ccc6cc(-c7ccccc7)n(-c7ccccc7)c6c54)c3)nc3ccccc23)cc1. The maximum absolute atomic E-state index is 5.22. The molecule has 4 nitrogen and oxygen atoms in total. The molecule has 0 amide bonds. The fourth-order valence-corrected chi connectivity index (χ4v) is 7.54. The summed E-state index contributed by atoms with van der Waals surface area (Å²) in [7, 11) is 0. The van der Waals surface area contributed by atoms with Crippen LogP contribution in [0.3, 0.4) is 0 Å². The number of aromatic nitrogens is 4. The van der Waals surface area contributed by atoms with E-state index in [2.05, 4.69) is 191 Å². The number of nitrogens with zero attached hydrogens (tertiary/aromatic N) is 4. The minimum Gasteiger partial charge on any atom is -0.307 e. The molecule has 52 heavy (non-hydrogen) atoms. The molecule has 0 aliphatic heterocycles. The smallest absolute Gasteiger partial charge is 0.160 e. The number of fused-ring (bicyclic) bond motifs is 4. The first-order valence-electron chi connectivity index (χ1n) is 17.6. The summed E-state index contributed by atoms with van der Waals surface area (Å²) >= 11 is 0. The summed E-state index contributed by atoms with van der Waals surface area (Å²) in [6, 6.07) is 68.5. The van der Waals surface area contributed by atoms with Crippen LogP contribution in [0.25, 0.3) is 89.2 Å². The summed E-state index contributed by atoms with van der Waals surface area (Å²) in [4.78, 5) is 10.3. The van der Waals surface area contributed by atoms with Crippen LogP contribution in [-0.4, -0.2) is 19.1 Å². The van der Waals surface area contributed by atoms with Gasteiger partial charge in [0.25, 0.3) is 0 Å². The molecule has 244 valence electrons. The molecule has 10 aromatic rings. The Hall–Kier alpha value is -7.04. The second-order valence-electron chi connectivity index (χ2n) is 13.1. The lowest BCUT2D eigenvalue weighted by molar-refractivity contribution is 1.10. The molecule has 0 fully saturated rings. The van der Waals surface area contributed by atoms with E-state index < -0.39 is 0 Å². The van der Waals surface area contributed by atoms with E-state index in [0.29, 0.717) is 5.82 Å². The molecule has 0 bridgehead atoms. The monoisotopic (exact) mass is 664 g/mol. The highest BCUT2D eigenvalue weighted by Crippen LogP contribution is 2.41. The summed E-state index contributed by atoms with van der Waals surface area (Å²) in [5.41, 5.74) is 12.9. The third-order valence-electron chi connectivity index (χ3n) is 9.89. The lowest BCUT2D eigenvalue weighted by atomic mass is 10.1. The highest BCUT2D eigenvalue weighted by molar-refractivity contribution is 6.10. The van der Waals surface area contributed by atoms with Crippen molar-refractivity contribution in [3.63, 3.8) is 0 Å². The van der Waals surface area contributed by atoms with Gasteiger partial charge in [-0.25, -0.2) is 9.97 Å². The van der Waals surface area contributed by atoms with Crippen molar-refractivity contribution in [3.8, 4) is 56.5 Å². The topological polar surface area (TPSA) is 35.6 Å². The van der Waals surface area contributed by atoms with E-state index in [1.165, 1.54) is 16.3 Å². The van der Waals surface area contributed by atoms with Gasteiger partial charge in [-0.05, 0) is 53.6 Å². The van der Waals surface area contributed by atoms with Gasteiger partial charge >= 0.3 is 0 Å². The van der Waals surface area contributed by atoms with Gasteiger partial charge in [0.05, 0.1) is 33.6 Å². The summed E-state index contributed by atoms with van der Waals surface area (Å²) < 4.78 is 4.84. The number of benzene rings is 7. The van der Waals surface area contributed by atoms with Crippen molar-refractivity contribution in [1.82, 2.24) is 19.1 Å². The van der Waals surface area contributed by atoms with Crippen LogP contribution in [0, 0.1) is 0 Å². The lowest BCUT2D eigenvalue weighted by Crippen LogP contribution is -2.02. The van der Waals surface area contributed by atoms with Crippen molar-refractivity contribution in [2.24, 2.45) is 0 Å². The number of rotatable bonds is 6. The normalized spacial score (nSPS) is 11.5. The van der Waals surface area contributed by atoms with Crippen molar-refractivity contribution in [2.75, 3.05) is 0 Å². The van der Waals surface area contributed by atoms with Gasteiger partial charge in [0, 0.05) is 38.7 Å². The predicted octanol–water partition coefficient (Wildman–Crippen LogP) is 12.2. The highest BCUT2D eigenvalue weighted by Gasteiger charge is 2.21. The second-order valence-corrected chi connectivity index (χ2v) is 13.1. The molecule has 0 aliphatic rings. The molecule has 10 rings (SSSR count). The van der Waals surface area contributed by atoms with Crippen LogP contribution >= 0.6 is 0 Å². The van der Waals surface area contributed by atoms with E-state index in [9.17, 15) is 0 Å². The van der Waals surface area contributed by atoms with Gasteiger partial charge in [0.1, 0.15) is 0 Å². The van der Waals surface area contributed by atoms with Gasteiger partial charge in [-0.1, -0.05) is 152 Å². The molecule has 0 unspecified atom stereocenters. The third kappa shape index (κ3) is 5.00. The van der Waals surface area contributed by atoms with Gasteiger partial charge in [-0.2, -0.15) is 0 Å². The molecule has 0 radical (unpaired) electrons. The van der Waals surface area contributed by atoms with E-state index in [1.54, 1.807) is 0 Å². The van der Waals surface area contributed by atoms with E-state index in [-0.39, 0.29) is 0 Å². The first-order chi connectivity index (χ1) is 25.8. The summed E-state index contributed by atoms with van der Waals surface area (Å²) in [5, 5.41) is 3.38. The highest BCUT2D eigenvalue weighted by atomic mass is 15.1. The Morgan fingerprint density at radius 2 is 0.827 bits per heavy atom. The standard InChI is InChI=1S/C48H32N4/c1-5-16-33(17-6-1)43-31-36-28-29-37-32-44(34-18-7-2-8-19-34)52(47(37)46(36)51(43)39-23-11-4-12-24-39)40-25-15-22-38(30-40)48-49-42-27-14-13-26-41(42)45(50-48)35-20-9-3-10-21-35/h1-32H. The van der Waals surface area contributed by atoms with E-state index in [1.807, 2.05) is 12.1 Å². The predicted molar refractivity (Wildman–Crippen MR) is 215 cm³/mol. The van der Waals surface area contributed by atoms with E-state index >= 15 is 0 Å². The summed E-state index contributed by atoms with van der Waals surface area (Å²) in [6.07, 6.45) is 0. The maximum Gasteiger partial charge on any atom is 0.160 e. The first-order valence-corrected chi connectivity index (χ1v) is 17.6. The zero-order valence-corrected chi connectivity index (χ0v) is 28.3. The van der Waals surface area contributed by atoms with Gasteiger partial charge < -0.3 is 9.13 Å². The lowest BCUT2D eigenvalue weighted by Gasteiger charge is -2.16. The molecule has 7 aromatic carbocycles. The minimum atomic E-state index is 0.696. The number of para-hydroxylation sites is 2. The van der Waals surface area contributed by atoms with Crippen molar-refractivity contribution in [3.05, 3.63) is 194 Å². The summed E-state index contributed by atoms with van der Waals surface area (Å²) in [5.74, 6) is 0.696. The quantitative estimate of drug-likeness (QED) is 0.177. The van der Waals surface area contributed by atoms with Gasteiger partial charge in [0.2, 0.25) is 0 Å². The zero-order chi connectivity index (χ0) is 34.4. The van der Waals surface area contributed by atoms with Crippen molar-refractivity contribution >= 4 is 32.7 Å². The Bertz CT molecular complexity index is 2870. The Balaban J connectivity index is 1.27. The molecular formula is C48H32N4. The van der Waals surface area contributed by atoms with Crippen LogP contribution in [0.2, 0.25) is 0 Å². The zero-order valence-electron chi connectivity index (χ0n) is 28.3. The molecular weight excluding hydrogens is 633 g/mol. The molecule has 4 heteroatoms. The molecule has 0 atom stereocenters. The van der Waals surface area contributed by atoms with Gasteiger partial charge in [-0.15, -0.1) is 0 Å². The summed E-state index contributed by atoms with van der Waals surface area (Å²) in [6.45, 7) is 0. The molecule has 0 saturated carbocycles. The van der Waals surface area contributed by atoms with Crippen LogP contribution in [0.1, 0.15) is 0 Å². The fourth-order valence-electron chi connectivity index (χ4n) is 7.54. The minimum absolute atomic E-state index is 0.696. The van der Waals surface area contributed by atoms with Gasteiger partial charge in [0.15, 0.2) is 5.82 Å². The maximum atomic E-state index is 5.22. The average molecular weight is 665 g/mol.